The average Bonchev–Trinajstić information content (AvgIpc) is 2.86. The van der Waals surface area contributed by atoms with Crippen LogP contribution in [0.25, 0.3) is 0 Å². The van der Waals surface area contributed by atoms with Crippen molar-refractivity contribution in [3.8, 4) is 0 Å². The normalized spacial score (nSPS) is 25.8. The topological polar surface area (TPSA) is 58.6 Å². The number of nitrogens with zero attached hydrogens (tertiary/aromatic N) is 1. The van der Waals surface area contributed by atoms with Crippen molar-refractivity contribution < 1.29 is 27.5 Å². The number of hydrogen-bond donors (Lipinski definition) is 1. The second kappa shape index (κ2) is 4.73. The maximum Gasteiger partial charge on any atom is 0.416 e. The maximum atomic E-state index is 12.5. The van der Waals surface area contributed by atoms with Crippen molar-refractivity contribution in [2.45, 2.75) is 12.2 Å². The van der Waals surface area contributed by atoms with Crippen molar-refractivity contribution in [3.63, 3.8) is 0 Å². The number of rotatable bonds is 1. The molecule has 2 saturated heterocycles. The first-order chi connectivity index (χ1) is 9.88. The van der Waals surface area contributed by atoms with Gasteiger partial charge in [0.15, 0.2) is 0 Å². The minimum atomic E-state index is -4.46. The number of anilines is 1. The van der Waals surface area contributed by atoms with E-state index in [0.717, 1.165) is 29.2 Å². The van der Waals surface area contributed by atoms with Crippen LogP contribution >= 0.6 is 0 Å². The Morgan fingerprint density at radius 3 is 2.43 bits per heavy atom. The van der Waals surface area contributed by atoms with Crippen LogP contribution in [0.3, 0.4) is 0 Å². The number of hydrogen-bond acceptors (Lipinski definition) is 3. The number of urea groups is 1. The highest BCUT2D eigenvalue weighted by atomic mass is 19.4. The molecule has 2 atom stereocenters. The molecule has 0 radical (unpaired) electrons. The second-order valence-corrected chi connectivity index (χ2v) is 4.92. The van der Waals surface area contributed by atoms with E-state index in [0.29, 0.717) is 0 Å². The van der Waals surface area contributed by atoms with Crippen molar-refractivity contribution >= 4 is 17.6 Å². The van der Waals surface area contributed by atoms with Crippen LogP contribution in [0.1, 0.15) is 5.56 Å². The molecule has 0 aliphatic carbocycles. The van der Waals surface area contributed by atoms with Crippen LogP contribution in [0.2, 0.25) is 0 Å². The predicted molar refractivity (Wildman–Crippen MR) is 65.6 cm³/mol. The monoisotopic (exact) mass is 300 g/mol. The minimum absolute atomic E-state index is 0.107. The Morgan fingerprint density at radius 1 is 1.14 bits per heavy atom. The van der Waals surface area contributed by atoms with Gasteiger partial charge in [-0.3, -0.25) is 4.79 Å². The first-order valence-electron chi connectivity index (χ1n) is 6.27. The molecule has 21 heavy (non-hydrogen) atoms. The third kappa shape index (κ3) is 2.35. The summed E-state index contributed by atoms with van der Waals surface area (Å²) < 4.78 is 42.7. The van der Waals surface area contributed by atoms with Crippen LogP contribution < -0.4 is 10.2 Å². The maximum absolute atomic E-state index is 12.5. The van der Waals surface area contributed by atoms with Gasteiger partial charge >= 0.3 is 12.2 Å². The van der Waals surface area contributed by atoms with Crippen LogP contribution in [-0.2, 0) is 15.7 Å². The molecular formula is C13H11F3N2O3. The predicted octanol–water partition coefficient (Wildman–Crippen LogP) is 1.78. The first kappa shape index (κ1) is 13.9. The summed E-state index contributed by atoms with van der Waals surface area (Å²) in [5, 5.41) is 2.62. The molecule has 1 N–H and O–H groups in total. The molecule has 2 fully saturated rings. The molecule has 1 aromatic carbocycles. The van der Waals surface area contributed by atoms with Crippen LogP contribution in [0, 0.1) is 5.92 Å². The smallest absolute Gasteiger partial charge is 0.378 e. The SMILES string of the molecule is O=C1NC2COCC2C(=O)N1c1ccc(C(F)(F)F)cc1. The highest BCUT2D eigenvalue weighted by molar-refractivity contribution is 6.17. The van der Waals surface area contributed by atoms with Gasteiger partial charge in [-0.1, -0.05) is 0 Å². The summed E-state index contributed by atoms with van der Waals surface area (Å²) in [4.78, 5) is 25.1. The number of carbonyl (C=O) groups excluding carboxylic acids is 2. The molecule has 0 bridgehead atoms. The van der Waals surface area contributed by atoms with Gasteiger partial charge in [-0.2, -0.15) is 13.2 Å². The zero-order chi connectivity index (χ0) is 15.2. The number of ether oxygens (including phenoxy) is 1. The number of carbonyl (C=O) groups is 2. The molecule has 2 aliphatic rings. The number of imide groups is 1. The van der Waals surface area contributed by atoms with E-state index in [2.05, 4.69) is 5.32 Å². The zero-order valence-corrected chi connectivity index (χ0v) is 10.7. The Labute approximate surface area is 117 Å². The fourth-order valence-corrected chi connectivity index (χ4v) is 2.47. The molecule has 112 valence electrons. The van der Waals surface area contributed by atoms with E-state index in [1.165, 1.54) is 0 Å². The van der Waals surface area contributed by atoms with E-state index in [4.69, 9.17) is 4.74 Å². The summed E-state index contributed by atoms with van der Waals surface area (Å²) in [6, 6.07) is 2.88. The molecule has 8 heteroatoms. The van der Waals surface area contributed by atoms with Gasteiger partial charge in [-0.05, 0) is 24.3 Å². The van der Waals surface area contributed by atoms with Gasteiger partial charge in [-0.25, -0.2) is 9.69 Å². The molecule has 3 amide bonds. The van der Waals surface area contributed by atoms with E-state index >= 15 is 0 Å². The third-order valence-corrected chi connectivity index (χ3v) is 3.58. The standard InChI is InChI=1S/C13H11F3N2O3/c14-13(15,16)7-1-3-8(4-2-7)18-11(19)9-5-21-6-10(9)17-12(18)20/h1-4,9-10H,5-6H2,(H,17,20). The Balaban J connectivity index is 1.89. The number of alkyl halides is 3. The number of fused-ring (bicyclic) bond motifs is 1. The molecular weight excluding hydrogens is 289 g/mol. The van der Waals surface area contributed by atoms with Gasteiger partial charge in [0.25, 0.3) is 0 Å². The van der Waals surface area contributed by atoms with E-state index in [-0.39, 0.29) is 24.9 Å². The Hall–Kier alpha value is -2.09. The fourth-order valence-electron chi connectivity index (χ4n) is 2.47. The average molecular weight is 300 g/mol. The van der Waals surface area contributed by atoms with Gasteiger partial charge in [0, 0.05) is 0 Å². The second-order valence-electron chi connectivity index (χ2n) is 4.92. The summed E-state index contributed by atoms with van der Waals surface area (Å²) in [6.45, 7) is 0.462. The lowest BCUT2D eigenvalue weighted by molar-refractivity contribution is -0.137. The Bertz CT molecular complexity index is 585. The lowest BCUT2D eigenvalue weighted by Gasteiger charge is -2.32. The van der Waals surface area contributed by atoms with Gasteiger partial charge in [0.05, 0.1) is 36.4 Å². The van der Waals surface area contributed by atoms with E-state index in [1.807, 2.05) is 0 Å². The molecule has 0 saturated carbocycles. The number of amides is 3. The van der Waals surface area contributed by atoms with Crippen molar-refractivity contribution in [1.29, 1.82) is 0 Å². The number of halogens is 3. The summed E-state index contributed by atoms with van der Waals surface area (Å²) in [7, 11) is 0. The summed E-state index contributed by atoms with van der Waals surface area (Å²) in [6.07, 6.45) is -4.46. The van der Waals surface area contributed by atoms with Gasteiger partial charge in [0.1, 0.15) is 0 Å². The fraction of sp³-hybridized carbons (Fsp3) is 0.385. The van der Waals surface area contributed by atoms with E-state index in [1.54, 1.807) is 0 Å². The van der Waals surface area contributed by atoms with Crippen LogP contribution in [0.4, 0.5) is 23.7 Å². The molecule has 2 unspecified atom stereocenters. The molecule has 0 spiro atoms. The first-order valence-corrected chi connectivity index (χ1v) is 6.27. The highest BCUT2D eigenvalue weighted by Gasteiger charge is 2.45. The third-order valence-electron chi connectivity index (χ3n) is 3.58. The van der Waals surface area contributed by atoms with Crippen molar-refractivity contribution in [3.05, 3.63) is 29.8 Å². The van der Waals surface area contributed by atoms with Gasteiger partial charge < -0.3 is 10.1 Å². The largest absolute Gasteiger partial charge is 0.416 e. The molecule has 5 nitrogen and oxygen atoms in total. The van der Waals surface area contributed by atoms with Crippen molar-refractivity contribution in [1.82, 2.24) is 5.32 Å². The van der Waals surface area contributed by atoms with Crippen LogP contribution in [0.5, 0.6) is 0 Å². The van der Waals surface area contributed by atoms with E-state index in [9.17, 15) is 22.8 Å². The van der Waals surface area contributed by atoms with Crippen LogP contribution in [-0.4, -0.2) is 31.2 Å². The summed E-state index contributed by atoms with van der Waals surface area (Å²) >= 11 is 0. The van der Waals surface area contributed by atoms with Crippen molar-refractivity contribution in [2.24, 2.45) is 5.92 Å². The van der Waals surface area contributed by atoms with Crippen molar-refractivity contribution in [2.75, 3.05) is 18.1 Å². The quantitative estimate of drug-likeness (QED) is 0.860. The number of benzene rings is 1. The highest BCUT2D eigenvalue weighted by Crippen LogP contribution is 2.32. The molecule has 2 aliphatic heterocycles. The lowest BCUT2D eigenvalue weighted by Crippen LogP contribution is -2.60. The summed E-state index contributed by atoms with van der Waals surface area (Å²) in [5.74, 6) is -0.953. The molecule has 2 heterocycles. The van der Waals surface area contributed by atoms with E-state index < -0.39 is 29.6 Å². The minimum Gasteiger partial charge on any atom is -0.378 e. The zero-order valence-electron chi connectivity index (χ0n) is 10.7. The molecule has 1 aromatic rings. The molecule has 3 rings (SSSR count). The molecule has 0 aromatic heterocycles. The Morgan fingerprint density at radius 2 is 1.81 bits per heavy atom. The number of nitrogens with one attached hydrogen (secondary N) is 1. The van der Waals surface area contributed by atoms with Gasteiger partial charge in [-0.15, -0.1) is 0 Å². The van der Waals surface area contributed by atoms with Crippen LogP contribution in [0.15, 0.2) is 24.3 Å². The van der Waals surface area contributed by atoms with Gasteiger partial charge in [0.2, 0.25) is 5.91 Å². The Kier molecular flexibility index (Phi) is 3.12. The summed E-state index contributed by atoms with van der Waals surface area (Å²) in [5.41, 5.74) is -0.728. The lowest BCUT2D eigenvalue weighted by atomic mass is 9.99.